The Kier molecular flexibility index (Phi) is 4.81. The van der Waals surface area contributed by atoms with E-state index in [1.54, 1.807) is 43.5 Å². The molecule has 0 unspecified atom stereocenters. The van der Waals surface area contributed by atoms with Gasteiger partial charge in [0.15, 0.2) is 5.76 Å². The van der Waals surface area contributed by atoms with Crippen LogP contribution in [0.4, 0.5) is 4.39 Å². The molecule has 0 radical (unpaired) electrons. The summed E-state index contributed by atoms with van der Waals surface area (Å²) in [5, 5.41) is 0. The first-order valence-electron chi connectivity index (χ1n) is 8.72. The lowest BCUT2D eigenvalue weighted by molar-refractivity contribution is 0.101. The number of hydrogen-bond acceptors (Lipinski definition) is 4. The summed E-state index contributed by atoms with van der Waals surface area (Å²) in [6.45, 7) is 0.363. The van der Waals surface area contributed by atoms with E-state index in [1.807, 2.05) is 24.3 Å². The first kappa shape index (κ1) is 17.8. The lowest BCUT2D eigenvalue weighted by Gasteiger charge is -2.08. The quantitative estimate of drug-likeness (QED) is 0.586. The van der Waals surface area contributed by atoms with Gasteiger partial charge in [0.1, 0.15) is 29.7 Å². The number of halogens is 1. The van der Waals surface area contributed by atoms with Crippen molar-refractivity contribution in [2.75, 3.05) is 7.11 Å². The second kappa shape index (κ2) is 7.56. The van der Waals surface area contributed by atoms with Crippen LogP contribution < -0.4 is 14.2 Å². The van der Waals surface area contributed by atoms with Gasteiger partial charge in [-0.25, -0.2) is 4.39 Å². The van der Waals surface area contributed by atoms with Gasteiger partial charge in [0.25, 0.3) is 0 Å². The molecule has 28 heavy (non-hydrogen) atoms. The summed E-state index contributed by atoms with van der Waals surface area (Å²) < 4.78 is 29.8. The number of carbonyl (C=O) groups excluding carboxylic acids is 1. The van der Waals surface area contributed by atoms with Crippen LogP contribution in [0.3, 0.4) is 0 Å². The van der Waals surface area contributed by atoms with Crippen molar-refractivity contribution < 1.29 is 23.4 Å². The van der Waals surface area contributed by atoms with Crippen molar-refractivity contribution in [1.29, 1.82) is 0 Å². The summed E-state index contributed by atoms with van der Waals surface area (Å²) >= 11 is 0. The van der Waals surface area contributed by atoms with E-state index in [0.29, 0.717) is 29.2 Å². The molecule has 0 aromatic heterocycles. The van der Waals surface area contributed by atoms with Gasteiger partial charge in [-0.05, 0) is 53.6 Å². The fourth-order valence-electron chi connectivity index (χ4n) is 2.90. The molecular formula is C23H17FO4. The van der Waals surface area contributed by atoms with Crippen LogP contribution in [0.5, 0.6) is 17.2 Å². The molecule has 0 fully saturated rings. The molecule has 0 saturated heterocycles. The normalized spacial score (nSPS) is 13.9. The number of carbonyl (C=O) groups is 1. The van der Waals surface area contributed by atoms with E-state index in [1.165, 1.54) is 12.1 Å². The van der Waals surface area contributed by atoms with Gasteiger partial charge in [-0.1, -0.05) is 24.3 Å². The van der Waals surface area contributed by atoms with E-state index in [9.17, 15) is 9.18 Å². The number of fused-ring (bicyclic) bond motifs is 1. The molecule has 0 aliphatic carbocycles. The molecule has 0 N–H and O–H groups in total. The van der Waals surface area contributed by atoms with Gasteiger partial charge in [-0.3, -0.25) is 4.79 Å². The van der Waals surface area contributed by atoms with Gasteiger partial charge < -0.3 is 14.2 Å². The minimum Gasteiger partial charge on any atom is -0.497 e. The molecule has 1 aliphatic heterocycles. The predicted molar refractivity (Wildman–Crippen MR) is 103 cm³/mol. The Morgan fingerprint density at radius 2 is 1.82 bits per heavy atom. The molecule has 0 amide bonds. The number of ketones is 1. The molecule has 0 spiro atoms. The molecular weight excluding hydrogens is 359 g/mol. The number of hydrogen-bond donors (Lipinski definition) is 0. The third-order valence-electron chi connectivity index (χ3n) is 4.35. The smallest absolute Gasteiger partial charge is 0.231 e. The van der Waals surface area contributed by atoms with Crippen LogP contribution >= 0.6 is 0 Å². The van der Waals surface area contributed by atoms with Crippen molar-refractivity contribution >= 4 is 11.9 Å². The molecule has 140 valence electrons. The zero-order valence-corrected chi connectivity index (χ0v) is 15.1. The number of benzene rings is 3. The highest BCUT2D eigenvalue weighted by molar-refractivity contribution is 6.14. The van der Waals surface area contributed by atoms with E-state index in [-0.39, 0.29) is 17.4 Å². The van der Waals surface area contributed by atoms with Gasteiger partial charge >= 0.3 is 0 Å². The van der Waals surface area contributed by atoms with Crippen LogP contribution in [-0.2, 0) is 6.61 Å². The van der Waals surface area contributed by atoms with E-state index < -0.39 is 0 Å². The topological polar surface area (TPSA) is 44.8 Å². The average molecular weight is 376 g/mol. The summed E-state index contributed by atoms with van der Waals surface area (Å²) in [4.78, 5) is 12.5. The molecule has 0 saturated carbocycles. The SMILES string of the molecule is COc1cccc(COc2ccc3c(c2)OC(=Cc2ccc(F)cc2)C3=O)c1. The minimum absolute atomic E-state index is 0.201. The molecule has 3 aromatic carbocycles. The van der Waals surface area contributed by atoms with Gasteiger partial charge in [0.2, 0.25) is 5.78 Å². The Morgan fingerprint density at radius 3 is 2.61 bits per heavy atom. The highest BCUT2D eigenvalue weighted by Crippen LogP contribution is 2.35. The number of methoxy groups -OCH3 is 1. The van der Waals surface area contributed by atoms with Crippen LogP contribution in [-0.4, -0.2) is 12.9 Å². The standard InChI is InChI=1S/C23H17FO4/c1-26-18-4-2-3-16(11-18)14-27-19-9-10-20-21(13-19)28-22(23(20)25)12-15-5-7-17(24)8-6-15/h2-13H,14H2,1H3. The number of rotatable bonds is 5. The molecule has 1 aliphatic rings. The van der Waals surface area contributed by atoms with Crippen molar-refractivity contribution in [3.8, 4) is 17.2 Å². The van der Waals surface area contributed by atoms with Crippen molar-refractivity contribution in [3.63, 3.8) is 0 Å². The highest BCUT2D eigenvalue weighted by Gasteiger charge is 2.27. The lowest BCUT2D eigenvalue weighted by atomic mass is 10.1. The summed E-state index contributed by atoms with van der Waals surface area (Å²) in [6.07, 6.45) is 1.60. The van der Waals surface area contributed by atoms with E-state index in [4.69, 9.17) is 14.2 Å². The summed E-state index contributed by atoms with van der Waals surface area (Å²) in [5.41, 5.74) is 2.13. The Bertz CT molecular complexity index is 1050. The van der Waals surface area contributed by atoms with Crippen LogP contribution in [0.15, 0.2) is 72.5 Å². The second-order valence-corrected chi connectivity index (χ2v) is 6.29. The molecule has 0 atom stereocenters. The predicted octanol–water partition coefficient (Wildman–Crippen LogP) is 5.03. The maximum atomic E-state index is 13.0. The third-order valence-corrected chi connectivity index (χ3v) is 4.35. The largest absolute Gasteiger partial charge is 0.497 e. The van der Waals surface area contributed by atoms with Gasteiger partial charge in [-0.2, -0.15) is 0 Å². The van der Waals surface area contributed by atoms with Crippen molar-refractivity contribution in [2.45, 2.75) is 6.61 Å². The van der Waals surface area contributed by atoms with Crippen LogP contribution in [0, 0.1) is 5.82 Å². The lowest BCUT2D eigenvalue weighted by Crippen LogP contribution is -1.98. The van der Waals surface area contributed by atoms with E-state index >= 15 is 0 Å². The van der Waals surface area contributed by atoms with Crippen LogP contribution in [0.1, 0.15) is 21.5 Å². The van der Waals surface area contributed by atoms with Gasteiger partial charge in [0, 0.05) is 6.07 Å². The molecule has 3 aromatic rings. The monoisotopic (exact) mass is 376 g/mol. The Hall–Kier alpha value is -3.60. The van der Waals surface area contributed by atoms with Crippen molar-refractivity contribution in [2.24, 2.45) is 0 Å². The zero-order valence-electron chi connectivity index (χ0n) is 15.1. The molecule has 4 rings (SSSR count). The molecule has 5 heteroatoms. The van der Waals surface area contributed by atoms with Crippen molar-refractivity contribution in [1.82, 2.24) is 0 Å². The second-order valence-electron chi connectivity index (χ2n) is 6.29. The summed E-state index contributed by atoms with van der Waals surface area (Å²) in [7, 11) is 1.62. The van der Waals surface area contributed by atoms with E-state index in [0.717, 1.165) is 11.3 Å². The number of allylic oxidation sites excluding steroid dienone is 1. The van der Waals surface area contributed by atoms with Crippen LogP contribution in [0.2, 0.25) is 0 Å². The van der Waals surface area contributed by atoms with Crippen molar-refractivity contribution in [3.05, 3.63) is 95.0 Å². The molecule has 0 bridgehead atoms. The van der Waals surface area contributed by atoms with Gasteiger partial charge in [-0.15, -0.1) is 0 Å². The fourth-order valence-corrected chi connectivity index (χ4v) is 2.90. The first-order valence-corrected chi connectivity index (χ1v) is 8.72. The Morgan fingerprint density at radius 1 is 1.00 bits per heavy atom. The minimum atomic E-state index is -0.332. The first-order chi connectivity index (χ1) is 13.6. The molecule has 1 heterocycles. The van der Waals surface area contributed by atoms with Crippen LogP contribution in [0.25, 0.3) is 6.08 Å². The zero-order chi connectivity index (χ0) is 19.5. The molecule has 4 nitrogen and oxygen atoms in total. The Labute approximate surface area is 161 Å². The average Bonchev–Trinajstić information content (AvgIpc) is 3.03. The van der Waals surface area contributed by atoms with E-state index in [2.05, 4.69) is 0 Å². The summed E-state index contributed by atoms with van der Waals surface area (Å²) in [6, 6.07) is 18.6. The summed E-state index contributed by atoms with van der Waals surface area (Å²) in [5.74, 6) is 1.46. The number of ether oxygens (including phenoxy) is 3. The number of Topliss-reactive ketones (excluding diaryl/α,β-unsaturated/α-hetero) is 1. The highest BCUT2D eigenvalue weighted by atomic mass is 19.1. The Balaban J connectivity index is 1.49. The third kappa shape index (κ3) is 3.74. The fraction of sp³-hybridized carbons (Fsp3) is 0.0870. The van der Waals surface area contributed by atoms with Gasteiger partial charge in [0.05, 0.1) is 12.7 Å². The maximum absolute atomic E-state index is 13.0. The maximum Gasteiger partial charge on any atom is 0.231 e.